The number of rotatable bonds is 6. The number of fused-ring (bicyclic) bond motifs is 1. The summed E-state index contributed by atoms with van der Waals surface area (Å²) < 4.78 is 5.58. The third kappa shape index (κ3) is 4.61. The Balaban J connectivity index is 0.00000192. The van der Waals surface area contributed by atoms with Gasteiger partial charge in [-0.05, 0) is 42.4 Å². The van der Waals surface area contributed by atoms with Crippen LogP contribution in [-0.2, 0) is 11.2 Å². The predicted octanol–water partition coefficient (Wildman–Crippen LogP) is 2.51. The maximum Gasteiger partial charge on any atom is 0.222 e. The van der Waals surface area contributed by atoms with E-state index in [1.54, 1.807) is 0 Å². The van der Waals surface area contributed by atoms with E-state index in [1.165, 1.54) is 5.56 Å². The van der Waals surface area contributed by atoms with Gasteiger partial charge in [0.25, 0.3) is 0 Å². The smallest absolute Gasteiger partial charge is 0.222 e. The fourth-order valence-electron chi connectivity index (χ4n) is 3.44. The molecule has 23 heavy (non-hydrogen) atoms. The first kappa shape index (κ1) is 18.1. The van der Waals surface area contributed by atoms with Crippen molar-refractivity contribution >= 4 is 18.3 Å². The van der Waals surface area contributed by atoms with Crippen molar-refractivity contribution in [3.05, 3.63) is 29.8 Å². The average molecular weight is 339 g/mol. The molecule has 0 aliphatic carbocycles. The van der Waals surface area contributed by atoms with Crippen LogP contribution >= 0.6 is 12.4 Å². The minimum atomic E-state index is 0. The Morgan fingerprint density at radius 3 is 2.48 bits per heavy atom. The Morgan fingerprint density at radius 1 is 1.22 bits per heavy atom. The number of carbonyl (C=O) groups is 1. The number of amides is 1. The Bertz CT molecular complexity index is 494. The van der Waals surface area contributed by atoms with Crippen LogP contribution in [0.15, 0.2) is 24.3 Å². The van der Waals surface area contributed by atoms with Crippen LogP contribution in [0.4, 0.5) is 0 Å². The lowest BCUT2D eigenvalue weighted by Gasteiger charge is -2.17. The summed E-state index contributed by atoms with van der Waals surface area (Å²) in [6, 6.07) is 8.14. The number of carbonyl (C=O) groups excluding carboxylic acids is 1. The number of hydrogen-bond acceptors (Lipinski definition) is 3. The van der Waals surface area contributed by atoms with E-state index < -0.39 is 0 Å². The van der Waals surface area contributed by atoms with Crippen LogP contribution in [0.5, 0.6) is 5.75 Å². The zero-order chi connectivity index (χ0) is 15.4. The summed E-state index contributed by atoms with van der Waals surface area (Å²) >= 11 is 0. The van der Waals surface area contributed by atoms with Crippen molar-refractivity contribution in [2.24, 2.45) is 11.8 Å². The van der Waals surface area contributed by atoms with E-state index in [9.17, 15) is 4.79 Å². The van der Waals surface area contributed by atoms with E-state index in [-0.39, 0.29) is 12.4 Å². The zero-order valence-electron chi connectivity index (χ0n) is 13.8. The molecule has 2 fully saturated rings. The first-order chi connectivity index (χ1) is 10.8. The van der Waals surface area contributed by atoms with Gasteiger partial charge in [-0.1, -0.05) is 19.1 Å². The van der Waals surface area contributed by atoms with Gasteiger partial charge >= 0.3 is 0 Å². The standard InChI is InChI=1S/C18H26N2O2.ClH/c1-2-9-22-17-6-3-14(4-7-17)5-8-18(21)20-12-15-10-19-11-16(15)13-20;/h3-4,6-7,15-16,19H,2,5,8-13H2,1H3;1H/t15-,16+;. The number of nitrogens with one attached hydrogen (secondary N) is 1. The second kappa shape index (κ2) is 8.55. The SMILES string of the molecule is CCCOc1ccc(CCC(=O)N2C[C@H]3CNC[C@H]3C2)cc1.Cl. The maximum absolute atomic E-state index is 12.3. The first-order valence-corrected chi connectivity index (χ1v) is 8.46. The second-order valence-corrected chi connectivity index (χ2v) is 6.47. The number of hydrogen-bond donors (Lipinski definition) is 1. The number of benzene rings is 1. The van der Waals surface area contributed by atoms with Crippen LogP contribution < -0.4 is 10.1 Å². The van der Waals surface area contributed by atoms with Crippen molar-refractivity contribution in [3.63, 3.8) is 0 Å². The zero-order valence-corrected chi connectivity index (χ0v) is 14.6. The van der Waals surface area contributed by atoms with Crippen molar-refractivity contribution in [1.29, 1.82) is 0 Å². The summed E-state index contributed by atoms with van der Waals surface area (Å²) in [5.41, 5.74) is 1.21. The van der Waals surface area contributed by atoms with Crippen molar-refractivity contribution in [2.45, 2.75) is 26.2 Å². The van der Waals surface area contributed by atoms with Gasteiger partial charge in [-0.3, -0.25) is 4.79 Å². The summed E-state index contributed by atoms with van der Waals surface area (Å²) in [6.45, 7) is 6.90. The molecule has 1 aromatic carbocycles. The van der Waals surface area contributed by atoms with E-state index >= 15 is 0 Å². The van der Waals surface area contributed by atoms with Gasteiger partial charge in [-0.15, -0.1) is 12.4 Å². The molecule has 0 unspecified atom stereocenters. The summed E-state index contributed by atoms with van der Waals surface area (Å²) in [7, 11) is 0. The van der Waals surface area contributed by atoms with Crippen LogP contribution in [0.2, 0.25) is 0 Å². The molecule has 0 aromatic heterocycles. The molecule has 128 valence electrons. The highest BCUT2D eigenvalue weighted by Gasteiger charge is 2.37. The quantitative estimate of drug-likeness (QED) is 0.866. The molecule has 0 radical (unpaired) electrons. The lowest BCUT2D eigenvalue weighted by atomic mass is 10.0. The second-order valence-electron chi connectivity index (χ2n) is 6.47. The van der Waals surface area contributed by atoms with E-state index in [0.29, 0.717) is 24.2 Å². The van der Waals surface area contributed by atoms with Crippen LogP contribution in [0, 0.1) is 11.8 Å². The van der Waals surface area contributed by atoms with Gasteiger partial charge in [-0.2, -0.15) is 0 Å². The fraction of sp³-hybridized carbons (Fsp3) is 0.611. The molecule has 0 saturated carbocycles. The Morgan fingerprint density at radius 2 is 1.87 bits per heavy atom. The molecule has 2 saturated heterocycles. The van der Waals surface area contributed by atoms with E-state index in [4.69, 9.17) is 4.74 Å². The minimum Gasteiger partial charge on any atom is -0.494 e. The molecule has 4 nitrogen and oxygen atoms in total. The van der Waals surface area contributed by atoms with Crippen molar-refractivity contribution < 1.29 is 9.53 Å². The molecule has 1 amide bonds. The highest BCUT2D eigenvalue weighted by Crippen LogP contribution is 2.26. The maximum atomic E-state index is 12.3. The number of aryl methyl sites for hydroxylation is 1. The van der Waals surface area contributed by atoms with Crippen LogP contribution in [-0.4, -0.2) is 43.6 Å². The third-order valence-electron chi connectivity index (χ3n) is 4.77. The molecule has 2 atom stereocenters. The normalized spacial score (nSPS) is 22.6. The van der Waals surface area contributed by atoms with Gasteiger partial charge in [0.1, 0.15) is 5.75 Å². The first-order valence-electron chi connectivity index (χ1n) is 8.46. The topological polar surface area (TPSA) is 41.6 Å². The van der Waals surface area contributed by atoms with Gasteiger partial charge in [0.05, 0.1) is 6.61 Å². The molecule has 2 heterocycles. The van der Waals surface area contributed by atoms with E-state index in [2.05, 4.69) is 29.3 Å². The monoisotopic (exact) mass is 338 g/mol. The third-order valence-corrected chi connectivity index (χ3v) is 4.77. The highest BCUT2D eigenvalue weighted by molar-refractivity contribution is 5.85. The fourth-order valence-corrected chi connectivity index (χ4v) is 3.44. The number of ether oxygens (including phenoxy) is 1. The van der Waals surface area contributed by atoms with E-state index in [0.717, 1.165) is 51.4 Å². The molecular weight excluding hydrogens is 312 g/mol. The lowest BCUT2D eigenvalue weighted by molar-refractivity contribution is -0.130. The van der Waals surface area contributed by atoms with Gasteiger partial charge in [0, 0.05) is 32.6 Å². The summed E-state index contributed by atoms with van der Waals surface area (Å²) in [6.07, 6.45) is 2.45. The van der Waals surface area contributed by atoms with Gasteiger partial charge in [0.15, 0.2) is 0 Å². The summed E-state index contributed by atoms with van der Waals surface area (Å²) in [5.74, 6) is 2.58. The highest BCUT2D eigenvalue weighted by atomic mass is 35.5. The molecule has 1 aromatic rings. The van der Waals surface area contributed by atoms with Crippen molar-refractivity contribution in [2.75, 3.05) is 32.8 Å². The Hall–Kier alpha value is -1.26. The van der Waals surface area contributed by atoms with Crippen molar-refractivity contribution in [1.82, 2.24) is 10.2 Å². The van der Waals surface area contributed by atoms with Crippen molar-refractivity contribution in [3.8, 4) is 5.75 Å². The van der Waals surface area contributed by atoms with Crippen LogP contribution in [0.1, 0.15) is 25.3 Å². The Labute approximate surface area is 145 Å². The molecule has 3 rings (SSSR count). The molecular formula is C18H27ClN2O2. The van der Waals surface area contributed by atoms with Gasteiger partial charge < -0.3 is 15.0 Å². The minimum absolute atomic E-state index is 0. The molecule has 1 N–H and O–H groups in total. The lowest BCUT2D eigenvalue weighted by Crippen LogP contribution is -2.31. The van der Waals surface area contributed by atoms with Gasteiger partial charge in [0.2, 0.25) is 5.91 Å². The number of halogens is 1. The molecule has 0 bridgehead atoms. The largest absolute Gasteiger partial charge is 0.494 e. The summed E-state index contributed by atoms with van der Waals surface area (Å²) in [5, 5.41) is 3.41. The van der Waals surface area contributed by atoms with Gasteiger partial charge in [-0.25, -0.2) is 0 Å². The number of nitrogens with zero attached hydrogens (tertiary/aromatic N) is 1. The molecule has 2 aliphatic rings. The molecule has 0 spiro atoms. The van der Waals surface area contributed by atoms with Crippen LogP contribution in [0.25, 0.3) is 0 Å². The van der Waals surface area contributed by atoms with Crippen LogP contribution in [0.3, 0.4) is 0 Å². The average Bonchev–Trinajstić information content (AvgIpc) is 3.13. The number of likely N-dealkylation sites (tertiary alicyclic amines) is 1. The molecule has 5 heteroatoms. The Kier molecular flexibility index (Phi) is 6.72. The predicted molar refractivity (Wildman–Crippen MR) is 94.2 cm³/mol. The summed E-state index contributed by atoms with van der Waals surface area (Å²) in [4.78, 5) is 14.4. The van der Waals surface area contributed by atoms with E-state index in [1.807, 2.05) is 12.1 Å². The molecule has 2 aliphatic heterocycles.